The lowest BCUT2D eigenvalue weighted by atomic mass is 10.1. The van der Waals surface area contributed by atoms with Gasteiger partial charge in [0.15, 0.2) is 6.10 Å². The molecule has 290 valence electrons. The smallest absolute Gasteiger partial charge is 0.462 e. The Morgan fingerprint density at radius 3 is 1.64 bits per heavy atom. The van der Waals surface area contributed by atoms with Crippen molar-refractivity contribution in [2.24, 2.45) is 5.73 Å². The minimum Gasteiger partial charge on any atom is -0.462 e. The number of carbonyl (C=O) groups excluding carboxylic acids is 2. The minimum absolute atomic E-state index is 0.0498. The molecule has 10 heteroatoms. The number of hydrogen-bond acceptors (Lipinski definition) is 8. The summed E-state index contributed by atoms with van der Waals surface area (Å²) in [6.45, 7) is 3.57. The highest BCUT2D eigenvalue weighted by molar-refractivity contribution is 7.47. The molecule has 0 aliphatic heterocycles. The lowest BCUT2D eigenvalue weighted by Gasteiger charge is -2.19. The van der Waals surface area contributed by atoms with Crippen molar-refractivity contribution in [3.8, 4) is 0 Å². The highest BCUT2D eigenvalue weighted by Crippen LogP contribution is 2.43. The maximum Gasteiger partial charge on any atom is 0.472 e. The standard InChI is InChI=1S/C40H72NO8P/c1-3-5-7-9-11-13-15-16-17-18-19-20-21-22-23-25-27-29-31-33-40(43)49-38(37-48-50(44,45)47-35-34-41)36-46-39(42)32-30-28-26-24-14-12-10-8-6-4-2/h5,7,11,13,16-17,19-20,38H,3-4,6,8-10,12,14-15,18,21-37,41H2,1-2H3,(H,44,45)/b7-5-,13-11-,17-16-,20-19-. The molecule has 50 heavy (non-hydrogen) atoms. The number of ether oxygens (including phenoxy) is 2. The predicted octanol–water partition coefficient (Wildman–Crippen LogP) is 10.8. The van der Waals surface area contributed by atoms with Crippen LogP contribution in [0.1, 0.15) is 162 Å². The number of rotatable bonds is 36. The number of nitrogens with two attached hydrogens (primary N) is 1. The normalized spacial score (nSPS) is 13.9. The van der Waals surface area contributed by atoms with Crippen molar-refractivity contribution in [2.45, 2.75) is 168 Å². The van der Waals surface area contributed by atoms with Crippen molar-refractivity contribution < 1.29 is 37.6 Å². The van der Waals surface area contributed by atoms with E-state index in [2.05, 4.69) is 62.5 Å². The Morgan fingerprint density at radius 2 is 1.10 bits per heavy atom. The van der Waals surface area contributed by atoms with Crippen LogP contribution in [0.2, 0.25) is 0 Å². The van der Waals surface area contributed by atoms with Gasteiger partial charge in [0.05, 0.1) is 13.2 Å². The third kappa shape index (κ3) is 35.8. The van der Waals surface area contributed by atoms with Gasteiger partial charge in [0, 0.05) is 19.4 Å². The third-order valence-electron chi connectivity index (χ3n) is 7.98. The van der Waals surface area contributed by atoms with Gasteiger partial charge >= 0.3 is 19.8 Å². The molecule has 0 aromatic carbocycles. The summed E-state index contributed by atoms with van der Waals surface area (Å²) in [6, 6.07) is 0. The van der Waals surface area contributed by atoms with Crippen molar-refractivity contribution in [1.29, 1.82) is 0 Å². The first-order valence-electron chi connectivity index (χ1n) is 19.6. The van der Waals surface area contributed by atoms with Crippen LogP contribution in [0.25, 0.3) is 0 Å². The monoisotopic (exact) mass is 725 g/mol. The number of unbranched alkanes of at least 4 members (excludes halogenated alkanes) is 15. The minimum atomic E-state index is -4.37. The fraction of sp³-hybridized carbons (Fsp3) is 0.750. The maximum absolute atomic E-state index is 12.5. The van der Waals surface area contributed by atoms with Crippen molar-refractivity contribution in [3.05, 3.63) is 48.6 Å². The molecule has 0 spiro atoms. The van der Waals surface area contributed by atoms with Crippen LogP contribution in [0.3, 0.4) is 0 Å². The molecule has 0 fully saturated rings. The lowest BCUT2D eigenvalue weighted by Crippen LogP contribution is -2.29. The van der Waals surface area contributed by atoms with E-state index in [1.165, 1.54) is 44.9 Å². The Morgan fingerprint density at radius 1 is 0.620 bits per heavy atom. The van der Waals surface area contributed by atoms with Gasteiger partial charge in [-0.1, -0.05) is 146 Å². The quantitative estimate of drug-likeness (QED) is 0.0280. The van der Waals surface area contributed by atoms with Gasteiger partial charge in [0.25, 0.3) is 0 Å². The fourth-order valence-electron chi connectivity index (χ4n) is 5.09. The molecular weight excluding hydrogens is 653 g/mol. The zero-order chi connectivity index (χ0) is 36.8. The second-order valence-corrected chi connectivity index (χ2v) is 14.2. The number of hydrogen-bond donors (Lipinski definition) is 2. The van der Waals surface area contributed by atoms with Crippen LogP contribution >= 0.6 is 7.82 Å². The van der Waals surface area contributed by atoms with Gasteiger partial charge in [0.2, 0.25) is 0 Å². The van der Waals surface area contributed by atoms with Gasteiger partial charge in [0.1, 0.15) is 6.61 Å². The van der Waals surface area contributed by atoms with E-state index in [9.17, 15) is 19.0 Å². The lowest BCUT2D eigenvalue weighted by molar-refractivity contribution is -0.161. The summed E-state index contributed by atoms with van der Waals surface area (Å²) in [5.41, 5.74) is 5.33. The summed E-state index contributed by atoms with van der Waals surface area (Å²) in [4.78, 5) is 34.7. The van der Waals surface area contributed by atoms with Crippen molar-refractivity contribution in [3.63, 3.8) is 0 Å². The summed E-state index contributed by atoms with van der Waals surface area (Å²) in [7, 11) is -4.37. The Hall–Kier alpha value is -2.03. The summed E-state index contributed by atoms with van der Waals surface area (Å²) in [6.07, 6.45) is 40.0. The van der Waals surface area contributed by atoms with Crippen LogP contribution in [0.4, 0.5) is 0 Å². The molecular formula is C40H72NO8P. The van der Waals surface area contributed by atoms with Gasteiger partial charge in [-0.15, -0.1) is 0 Å². The number of carbonyl (C=O) groups is 2. The van der Waals surface area contributed by atoms with Gasteiger partial charge in [-0.05, 0) is 51.4 Å². The first kappa shape index (κ1) is 48.0. The van der Waals surface area contributed by atoms with Crippen LogP contribution < -0.4 is 5.73 Å². The number of phosphoric ester groups is 1. The molecule has 3 N–H and O–H groups in total. The molecule has 0 aliphatic rings. The van der Waals surface area contributed by atoms with E-state index in [0.29, 0.717) is 6.42 Å². The average molecular weight is 726 g/mol. The summed E-state index contributed by atoms with van der Waals surface area (Å²) < 4.78 is 32.6. The average Bonchev–Trinajstić information content (AvgIpc) is 3.10. The van der Waals surface area contributed by atoms with E-state index in [1.807, 2.05) is 0 Å². The Balaban J connectivity index is 4.21. The Labute approximate surface area is 305 Å². The van der Waals surface area contributed by atoms with Gasteiger partial charge in [-0.3, -0.25) is 18.6 Å². The molecule has 0 aromatic rings. The van der Waals surface area contributed by atoms with E-state index >= 15 is 0 Å². The first-order valence-corrected chi connectivity index (χ1v) is 21.1. The molecule has 0 bridgehead atoms. The number of phosphoric acid groups is 1. The molecule has 0 radical (unpaired) electrons. The largest absolute Gasteiger partial charge is 0.472 e. The zero-order valence-electron chi connectivity index (χ0n) is 31.6. The molecule has 0 heterocycles. The van der Waals surface area contributed by atoms with Crippen LogP contribution in [-0.4, -0.2) is 49.3 Å². The molecule has 2 atom stereocenters. The second-order valence-electron chi connectivity index (χ2n) is 12.8. The fourth-order valence-corrected chi connectivity index (χ4v) is 5.86. The predicted molar refractivity (Wildman–Crippen MR) is 206 cm³/mol. The van der Waals surface area contributed by atoms with Crippen molar-refractivity contribution in [2.75, 3.05) is 26.4 Å². The molecule has 0 saturated carbocycles. The second kappa shape index (κ2) is 36.8. The van der Waals surface area contributed by atoms with Gasteiger partial charge < -0.3 is 20.1 Å². The van der Waals surface area contributed by atoms with Crippen LogP contribution in [0, 0.1) is 0 Å². The third-order valence-corrected chi connectivity index (χ3v) is 8.96. The summed E-state index contributed by atoms with van der Waals surface area (Å²) in [5, 5.41) is 0. The Kier molecular flexibility index (Phi) is 35.3. The Bertz CT molecular complexity index is 965. The van der Waals surface area contributed by atoms with Gasteiger partial charge in [-0.25, -0.2) is 4.57 Å². The first-order chi connectivity index (χ1) is 24.3. The zero-order valence-corrected chi connectivity index (χ0v) is 32.5. The van der Waals surface area contributed by atoms with Gasteiger partial charge in [-0.2, -0.15) is 0 Å². The van der Waals surface area contributed by atoms with Crippen molar-refractivity contribution in [1.82, 2.24) is 0 Å². The SMILES string of the molecule is CC/C=C\C/C=C\C/C=C\C/C=C\CCCCCCCCC(=O)OC(COC(=O)CCCCCCCCCCCC)COP(=O)(O)OCCN. The van der Waals surface area contributed by atoms with Crippen LogP contribution in [0.15, 0.2) is 48.6 Å². The van der Waals surface area contributed by atoms with Crippen LogP contribution in [-0.2, 0) is 32.7 Å². The van der Waals surface area contributed by atoms with E-state index < -0.39 is 26.5 Å². The molecule has 0 saturated heterocycles. The van der Waals surface area contributed by atoms with E-state index in [-0.39, 0.29) is 38.6 Å². The van der Waals surface area contributed by atoms with E-state index in [0.717, 1.165) is 83.5 Å². The maximum atomic E-state index is 12.5. The molecule has 0 amide bonds. The highest BCUT2D eigenvalue weighted by atomic mass is 31.2. The number of allylic oxidation sites excluding steroid dienone is 8. The summed E-state index contributed by atoms with van der Waals surface area (Å²) in [5.74, 6) is -0.849. The van der Waals surface area contributed by atoms with E-state index in [1.54, 1.807) is 0 Å². The van der Waals surface area contributed by atoms with E-state index in [4.69, 9.17) is 24.3 Å². The molecule has 9 nitrogen and oxygen atoms in total. The highest BCUT2D eigenvalue weighted by Gasteiger charge is 2.25. The topological polar surface area (TPSA) is 134 Å². The molecule has 0 rings (SSSR count). The van der Waals surface area contributed by atoms with Crippen LogP contribution in [0.5, 0.6) is 0 Å². The van der Waals surface area contributed by atoms with Crippen molar-refractivity contribution >= 4 is 19.8 Å². The molecule has 0 aliphatic carbocycles. The molecule has 0 aromatic heterocycles. The summed E-state index contributed by atoms with van der Waals surface area (Å²) >= 11 is 0. The number of esters is 2. The molecule has 2 unspecified atom stereocenters.